The lowest BCUT2D eigenvalue weighted by Gasteiger charge is -1.91. The SMILES string of the molecule is Cc1ccc2oc(C(=O)C(=O)O)c(O)c2c1. The summed E-state index contributed by atoms with van der Waals surface area (Å²) in [6, 6.07) is 4.93. The number of ketones is 1. The summed E-state index contributed by atoms with van der Waals surface area (Å²) in [6.07, 6.45) is 0. The molecule has 1 aromatic carbocycles. The number of hydrogen-bond acceptors (Lipinski definition) is 4. The second kappa shape index (κ2) is 3.37. The van der Waals surface area contributed by atoms with Crippen LogP contribution in [-0.4, -0.2) is 22.0 Å². The quantitative estimate of drug-likeness (QED) is 0.594. The van der Waals surface area contributed by atoms with Gasteiger partial charge in [-0.2, -0.15) is 0 Å². The summed E-state index contributed by atoms with van der Waals surface area (Å²) >= 11 is 0. The van der Waals surface area contributed by atoms with Crippen LogP contribution in [0.1, 0.15) is 16.1 Å². The number of aromatic hydroxyl groups is 1. The molecular weight excluding hydrogens is 212 g/mol. The summed E-state index contributed by atoms with van der Waals surface area (Å²) in [5.74, 6) is -3.88. The number of rotatable bonds is 2. The van der Waals surface area contributed by atoms with Gasteiger partial charge in [-0.1, -0.05) is 11.6 Å². The number of aliphatic carboxylic acids is 1. The lowest BCUT2D eigenvalue weighted by Crippen LogP contribution is -2.11. The van der Waals surface area contributed by atoms with E-state index in [4.69, 9.17) is 9.52 Å². The van der Waals surface area contributed by atoms with Crippen LogP contribution in [0.2, 0.25) is 0 Å². The highest BCUT2D eigenvalue weighted by Crippen LogP contribution is 2.32. The smallest absolute Gasteiger partial charge is 0.380 e. The van der Waals surface area contributed by atoms with Gasteiger partial charge in [0.05, 0.1) is 5.39 Å². The number of carboxylic acids is 1. The molecule has 0 amide bonds. The van der Waals surface area contributed by atoms with Crippen molar-refractivity contribution in [2.75, 3.05) is 0 Å². The largest absolute Gasteiger partial charge is 0.504 e. The highest BCUT2D eigenvalue weighted by Gasteiger charge is 2.25. The van der Waals surface area contributed by atoms with Gasteiger partial charge in [-0.05, 0) is 19.1 Å². The van der Waals surface area contributed by atoms with Gasteiger partial charge in [0, 0.05) is 0 Å². The Bertz CT molecular complexity index is 594. The van der Waals surface area contributed by atoms with Crippen LogP contribution in [0.4, 0.5) is 0 Å². The molecule has 0 aliphatic heterocycles. The maximum atomic E-state index is 11.2. The molecule has 0 atom stereocenters. The van der Waals surface area contributed by atoms with Gasteiger partial charge in [0.1, 0.15) is 5.58 Å². The van der Waals surface area contributed by atoms with E-state index in [1.54, 1.807) is 18.2 Å². The standard InChI is InChI=1S/C11H8O5/c1-5-2-3-7-6(4-5)8(12)10(16-7)9(13)11(14)15/h2-4,12H,1H3,(H,14,15). The molecule has 0 radical (unpaired) electrons. The zero-order valence-corrected chi connectivity index (χ0v) is 8.35. The Balaban J connectivity index is 2.69. The molecule has 5 heteroatoms. The first-order valence-corrected chi connectivity index (χ1v) is 4.50. The third-order valence-corrected chi connectivity index (χ3v) is 2.22. The van der Waals surface area contributed by atoms with Crippen LogP contribution < -0.4 is 0 Å². The van der Waals surface area contributed by atoms with Crippen LogP contribution in [0.15, 0.2) is 22.6 Å². The molecular formula is C11H8O5. The number of carboxylic acid groups (broad SMARTS) is 1. The number of fused-ring (bicyclic) bond motifs is 1. The van der Waals surface area contributed by atoms with Crippen molar-refractivity contribution in [2.45, 2.75) is 6.92 Å². The summed E-state index contributed by atoms with van der Waals surface area (Å²) in [6.45, 7) is 1.81. The average molecular weight is 220 g/mol. The zero-order valence-electron chi connectivity index (χ0n) is 8.35. The topological polar surface area (TPSA) is 87.7 Å². The molecule has 0 spiro atoms. The minimum absolute atomic E-state index is 0.285. The molecule has 0 bridgehead atoms. The molecule has 82 valence electrons. The number of carbonyl (C=O) groups is 2. The average Bonchev–Trinajstić information content (AvgIpc) is 2.55. The summed E-state index contributed by atoms with van der Waals surface area (Å²) in [5.41, 5.74) is 1.16. The Labute approximate surface area is 89.9 Å². The van der Waals surface area contributed by atoms with Crippen LogP contribution in [0, 0.1) is 6.92 Å². The molecule has 1 aromatic heterocycles. The van der Waals surface area contributed by atoms with Gasteiger partial charge in [0.25, 0.3) is 0 Å². The number of aryl methyl sites for hydroxylation is 1. The maximum Gasteiger partial charge on any atom is 0.380 e. The molecule has 0 fully saturated rings. The van der Waals surface area contributed by atoms with Crippen LogP contribution >= 0.6 is 0 Å². The summed E-state index contributed by atoms with van der Waals surface area (Å²) in [5, 5.41) is 18.5. The van der Waals surface area contributed by atoms with Gasteiger partial charge < -0.3 is 14.6 Å². The second-order valence-electron chi connectivity index (χ2n) is 3.41. The lowest BCUT2D eigenvalue weighted by atomic mass is 10.1. The molecule has 5 nitrogen and oxygen atoms in total. The molecule has 16 heavy (non-hydrogen) atoms. The molecule has 2 rings (SSSR count). The van der Waals surface area contributed by atoms with Crippen LogP contribution in [0.3, 0.4) is 0 Å². The van der Waals surface area contributed by atoms with Gasteiger partial charge in [-0.3, -0.25) is 4.79 Å². The minimum Gasteiger partial charge on any atom is -0.504 e. The maximum absolute atomic E-state index is 11.2. The fourth-order valence-corrected chi connectivity index (χ4v) is 1.45. The Morgan fingerprint density at radius 1 is 1.31 bits per heavy atom. The first-order chi connectivity index (χ1) is 7.50. The lowest BCUT2D eigenvalue weighted by molar-refractivity contribution is -0.131. The number of benzene rings is 1. The number of furan rings is 1. The molecule has 0 unspecified atom stereocenters. The molecule has 0 aliphatic carbocycles. The van der Waals surface area contributed by atoms with Crippen molar-refractivity contribution >= 4 is 22.7 Å². The van der Waals surface area contributed by atoms with E-state index in [0.717, 1.165) is 5.56 Å². The number of Topliss-reactive ketones (excluding diaryl/α,β-unsaturated/α-hetero) is 1. The first kappa shape index (κ1) is 10.2. The Morgan fingerprint density at radius 3 is 2.62 bits per heavy atom. The van der Waals surface area contributed by atoms with Crippen molar-refractivity contribution in [1.82, 2.24) is 0 Å². The van der Waals surface area contributed by atoms with Crippen molar-refractivity contribution in [1.29, 1.82) is 0 Å². The third-order valence-electron chi connectivity index (χ3n) is 2.22. The number of carbonyl (C=O) groups excluding carboxylic acids is 1. The van der Waals surface area contributed by atoms with Gasteiger partial charge >= 0.3 is 11.8 Å². The van der Waals surface area contributed by atoms with E-state index < -0.39 is 23.3 Å². The first-order valence-electron chi connectivity index (χ1n) is 4.50. The monoisotopic (exact) mass is 220 g/mol. The van der Waals surface area contributed by atoms with Gasteiger partial charge in [0.15, 0.2) is 5.75 Å². The van der Waals surface area contributed by atoms with E-state index in [1.165, 1.54) is 0 Å². The predicted octanol–water partition coefficient (Wildman–Crippen LogP) is 1.71. The van der Waals surface area contributed by atoms with E-state index >= 15 is 0 Å². The zero-order chi connectivity index (χ0) is 11.9. The highest BCUT2D eigenvalue weighted by molar-refractivity contribution is 6.40. The number of hydrogen-bond donors (Lipinski definition) is 2. The second-order valence-corrected chi connectivity index (χ2v) is 3.41. The Hall–Kier alpha value is -2.30. The van der Waals surface area contributed by atoms with E-state index in [2.05, 4.69) is 0 Å². The molecule has 1 heterocycles. The van der Waals surface area contributed by atoms with E-state index in [0.29, 0.717) is 5.39 Å². The highest BCUT2D eigenvalue weighted by atomic mass is 16.4. The van der Waals surface area contributed by atoms with Gasteiger partial charge in [0.2, 0.25) is 5.76 Å². The van der Waals surface area contributed by atoms with Crippen molar-refractivity contribution in [3.05, 3.63) is 29.5 Å². The molecule has 2 aromatic rings. The van der Waals surface area contributed by atoms with Crippen molar-refractivity contribution in [3.63, 3.8) is 0 Å². The molecule has 2 N–H and O–H groups in total. The van der Waals surface area contributed by atoms with E-state index in [9.17, 15) is 14.7 Å². The van der Waals surface area contributed by atoms with Crippen LogP contribution in [0.25, 0.3) is 11.0 Å². The van der Waals surface area contributed by atoms with Gasteiger partial charge in [-0.15, -0.1) is 0 Å². The van der Waals surface area contributed by atoms with Gasteiger partial charge in [-0.25, -0.2) is 4.79 Å². The Morgan fingerprint density at radius 2 is 2.00 bits per heavy atom. The van der Waals surface area contributed by atoms with Crippen LogP contribution in [0.5, 0.6) is 5.75 Å². The minimum atomic E-state index is -1.66. The fraction of sp³-hybridized carbons (Fsp3) is 0.0909. The molecule has 0 saturated heterocycles. The van der Waals surface area contributed by atoms with E-state index in [-0.39, 0.29) is 5.58 Å². The van der Waals surface area contributed by atoms with Crippen molar-refractivity contribution < 1.29 is 24.2 Å². The normalized spacial score (nSPS) is 10.6. The van der Waals surface area contributed by atoms with Crippen LogP contribution in [-0.2, 0) is 4.79 Å². The summed E-state index contributed by atoms with van der Waals surface area (Å²) < 4.78 is 5.00. The summed E-state index contributed by atoms with van der Waals surface area (Å²) in [7, 11) is 0. The molecule has 0 saturated carbocycles. The van der Waals surface area contributed by atoms with Crippen molar-refractivity contribution in [2.24, 2.45) is 0 Å². The van der Waals surface area contributed by atoms with Crippen molar-refractivity contribution in [3.8, 4) is 5.75 Å². The molecule has 0 aliphatic rings. The van der Waals surface area contributed by atoms with E-state index in [1.807, 2.05) is 6.92 Å². The fourth-order valence-electron chi connectivity index (χ4n) is 1.45. The summed E-state index contributed by atoms with van der Waals surface area (Å²) in [4.78, 5) is 21.6. The third kappa shape index (κ3) is 1.42. The predicted molar refractivity (Wildman–Crippen MR) is 54.6 cm³/mol. The Kier molecular flexibility index (Phi) is 2.16.